The van der Waals surface area contributed by atoms with Gasteiger partial charge in [0.05, 0.1) is 11.6 Å². The Hall–Kier alpha value is -0.290. The summed E-state index contributed by atoms with van der Waals surface area (Å²) in [6, 6.07) is 3.67. The quantitative estimate of drug-likeness (QED) is 0.757. The van der Waals surface area contributed by atoms with Gasteiger partial charge in [-0.2, -0.15) is 0 Å². The number of nitrogens with one attached hydrogen (secondary N) is 1. The Morgan fingerprint density at radius 1 is 1.61 bits per heavy atom. The SMILES string of the molecule is CCNC(C)(CO)CC(C)Sc1ncccc1Cl. The Labute approximate surface area is 118 Å². The van der Waals surface area contributed by atoms with Gasteiger partial charge < -0.3 is 10.4 Å². The first-order valence-corrected chi connectivity index (χ1v) is 7.39. The van der Waals surface area contributed by atoms with Gasteiger partial charge in [0.2, 0.25) is 0 Å². The molecule has 2 unspecified atom stereocenters. The molecule has 2 atom stereocenters. The molecule has 0 amide bonds. The molecule has 2 N–H and O–H groups in total. The van der Waals surface area contributed by atoms with Gasteiger partial charge in [0.25, 0.3) is 0 Å². The normalized spacial score (nSPS) is 16.3. The van der Waals surface area contributed by atoms with Crippen molar-refractivity contribution in [1.82, 2.24) is 10.3 Å². The number of hydrogen-bond acceptors (Lipinski definition) is 4. The minimum Gasteiger partial charge on any atom is -0.394 e. The summed E-state index contributed by atoms with van der Waals surface area (Å²) in [7, 11) is 0. The molecule has 3 nitrogen and oxygen atoms in total. The lowest BCUT2D eigenvalue weighted by Gasteiger charge is -2.31. The van der Waals surface area contributed by atoms with Gasteiger partial charge in [-0.25, -0.2) is 4.98 Å². The summed E-state index contributed by atoms with van der Waals surface area (Å²) < 4.78 is 0. The Balaban J connectivity index is 2.61. The van der Waals surface area contributed by atoms with Gasteiger partial charge in [0.15, 0.2) is 0 Å². The average molecular weight is 289 g/mol. The monoisotopic (exact) mass is 288 g/mol. The number of pyridine rings is 1. The van der Waals surface area contributed by atoms with Crippen LogP contribution < -0.4 is 5.32 Å². The van der Waals surface area contributed by atoms with E-state index in [1.54, 1.807) is 18.0 Å². The molecule has 0 aliphatic rings. The minimum absolute atomic E-state index is 0.127. The molecule has 0 radical (unpaired) electrons. The molecule has 0 saturated heterocycles. The fourth-order valence-corrected chi connectivity index (χ4v) is 3.33. The van der Waals surface area contributed by atoms with E-state index < -0.39 is 0 Å². The minimum atomic E-state index is -0.248. The van der Waals surface area contributed by atoms with Crippen LogP contribution in [0.3, 0.4) is 0 Å². The van der Waals surface area contributed by atoms with E-state index in [1.807, 2.05) is 26.0 Å². The average Bonchev–Trinajstić information content (AvgIpc) is 2.32. The van der Waals surface area contributed by atoms with Crippen molar-refractivity contribution in [3.8, 4) is 0 Å². The van der Waals surface area contributed by atoms with E-state index in [2.05, 4.69) is 17.2 Å². The number of rotatable bonds is 7. The van der Waals surface area contributed by atoms with Crippen LogP contribution in [0.25, 0.3) is 0 Å². The third-order valence-corrected chi connectivity index (χ3v) is 4.26. The van der Waals surface area contributed by atoms with Crippen molar-refractivity contribution in [2.24, 2.45) is 0 Å². The van der Waals surface area contributed by atoms with Crippen molar-refractivity contribution in [2.45, 2.75) is 43.0 Å². The van der Waals surface area contributed by atoms with Crippen LogP contribution in [-0.2, 0) is 0 Å². The molecule has 0 bridgehead atoms. The van der Waals surface area contributed by atoms with Gasteiger partial charge in [-0.15, -0.1) is 11.8 Å². The molecule has 18 heavy (non-hydrogen) atoms. The Kier molecular flexibility index (Phi) is 6.43. The maximum Gasteiger partial charge on any atom is 0.115 e. The fraction of sp³-hybridized carbons (Fsp3) is 0.615. The third kappa shape index (κ3) is 4.76. The maximum absolute atomic E-state index is 9.47. The molecule has 1 heterocycles. The predicted molar refractivity (Wildman–Crippen MR) is 78.4 cm³/mol. The molecule has 5 heteroatoms. The van der Waals surface area contributed by atoms with Crippen molar-refractivity contribution in [1.29, 1.82) is 0 Å². The van der Waals surface area contributed by atoms with E-state index in [0.29, 0.717) is 10.3 Å². The van der Waals surface area contributed by atoms with Gasteiger partial charge in [-0.1, -0.05) is 25.4 Å². The number of likely N-dealkylation sites (N-methyl/N-ethyl adjacent to an activating group) is 1. The van der Waals surface area contributed by atoms with Crippen LogP contribution in [0.2, 0.25) is 5.02 Å². The Morgan fingerprint density at radius 3 is 2.89 bits per heavy atom. The van der Waals surface area contributed by atoms with Crippen LogP contribution >= 0.6 is 23.4 Å². The Bertz CT molecular complexity index is 378. The lowest BCUT2D eigenvalue weighted by molar-refractivity contribution is 0.168. The predicted octanol–water partition coefficient (Wildman–Crippen LogP) is 2.97. The topological polar surface area (TPSA) is 45.1 Å². The van der Waals surface area contributed by atoms with E-state index in [9.17, 15) is 5.11 Å². The van der Waals surface area contributed by atoms with E-state index in [0.717, 1.165) is 18.0 Å². The van der Waals surface area contributed by atoms with Crippen LogP contribution in [0.15, 0.2) is 23.4 Å². The van der Waals surface area contributed by atoms with Crippen molar-refractivity contribution >= 4 is 23.4 Å². The summed E-state index contributed by atoms with van der Waals surface area (Å²) in [6.07, 6.45) is 2.60. The second kappa shape index (κ2) is 7.34. The number of aliphatic hydroxyl groups is 1. The molecular weight excluding hydrogens is 268 g/mol. The summed E-state index contributed by atoms with van der Waals surface area (Å²) in [5, 5.41) is 14.7. The number of hydrogen-bond donors (Lipinski definition) is 2. The van der Waals surface area contributed by atoms with Crippen molar-refractivity contribution < 1.29 is 5.11 Å². The van der Waals surface area contributed by atoms with Crippen molar-refractivity contribution in [3.05, 3.63) is 23.4 Å². The second-order valence-electron chi connectivity index (χ2n) is 4.67. The summed E-state index contributed by atoms with van der Waals surface area (Å²) in [5.41, 5.74) is -0.248. The highest BCUT2D eigenvalue weighted by Crippen LogP contribution is 2.31. The van der Waals surface area contributed by atoms with Crippen LogP contribution in [0.4, 0.5) is 0 Å². The summed E-state index contributed by atoms with van der Waals surface area (Å²) in [5.74, 6) is 0. The first-order chi connectivity index (χ1) is 8.50. The van der Waals surface area contributed by atoms with Crippen LogP contribution in [0.1, 0.15) is 27.2 Å². The number of aliphatic hydroxyl groups excluding tert-OH is 1. The van der Waals surface area contributed by atoms with Gasteiger partial charge in [-0.05, 0) is 32.0 Å². The van der Waals surface area contributed by atoms with Crippen LogP contribution in [0.5, 0.6) is 0 Å². The second-order valence-corrected chi connectivity index (χ2v) is 6.51. The smallest absolute Gasteiger partial charge is 0.115 e. The molecule has 0 spiro atoms. The van der Waals surface area contributed by atoms with Gasteiger partial charge >= 0.3 is 0 Å². The first kappa shape index (κ1) is 15.8. The largest absolute Gasteiger partial charge is 0.394 e. The lowest BCUT2D eigenvalue weighted by Crippen LogP contribution is -2.47. The van der Waals surface area contributed by atoms with E-state index in [4.69, 9.17) is 11.6 Å². The highest BCUT2D eigenvalue weighted by Gasteiger charge is 2.25. The van der Waals surface area contributed by atoms with Crippen LogP contribution in [0, 0.1) is 0 Å². The van der Waals surface area contributed by atoms with Crippen LogP contribution in [-0.4, -0.2) is 34.0 Å². The standard InChI is InChI=1S/C13H21ClN2OS/c1-4-16-13(3,9-17)8-10(2)18-12-11(14)6-5-7-15-12/h5-7,10,16-17H,4,8-9H2,1-3H3. The zero-order valence-electron chi connectivity index (χ0n) is 11.1. The molecule has 0 saturated carbocycles. The van der Waals surface area contributed by atoms with Crippen molar-refractivity contribution in [3.63, 3.8) is 0 Å². The molecule has 1 aromatic heterocycles. The van der Waals surface area contributed by atoms with Gasteiger partial charge in [0.1, 0.15) is 5.03 Å². The lowest BCUT2D eigenvalue weighted by atomic mass is 9.97. The fourth-order valence-electron chi connectivity index (χ4n) is 1.94. The Morgan fingerprint density at radius 2 is 2.33 bits per heavy atom. The maximum atomic E-state index is 9.47. The molecule has 0 aliphatic heterocycles. The molecule has 0 fully saturated rings. The number of aromatic nitrogens is 1. The van der Waals surface area contributed by atoms with Crippen molar-refractivity contribution in [2.75, 3.05) is 13.2 Å². The number of nitrogens with zero attached hydrogens (tertiary/aromatic N) is 1. The molecular formula is C13H21ClN2OS. The summed E-state index contributed by atoms with van der Waals surface area (Å²) in [6.45, 7) is 7.18. The first-order valence-electron chi connectivity index (χ1n) is 6.14. The molecule has 0 aromatic carbocycles. The zero-order chi connectivity index (χ0) is 13.6. The van der Waals surface area contributed by atoms with E-state index >= 15 is 0 Å². The summed E-state index contributed by atoms with van der Waals surface area (Å²) >= 11 is 7.73. The zero-order valence-corrected chi connectivity index (χ0v) is 12.7. The summed E-state index contributed by atoms with van der Waals surface area (Å²) in [4.78, 5) is 4.27. The van der Waals surface area contributed by atoms with E-state index in [-0.39, 0.29) is 12.1 Å². The highest BCUT2D eigenvalue weighted by molar-refractivity contribution is 7.99. The van der Waals surface area contributed by atoms with Gasteiger partial charge in [-0.3, -0.25) is 0 Å². The van der Waals surface area contributed by atoms with E-state index in [1.165, 1.54) is 0 Å². The molecule has 1 aromatic rings. The number of thioether (sulfide) groups is 1. The highest BCUT2D eigenvalue weighted by atomic mass is 35.5. The van der Waals surface area contributed by atoms with Gasteiger partial charge in [0, 0.05) is 17.0 Å². The third-order valence-electron chi connectivity index (χ3n) is 2.73. The molecule has 102 valence electrons. The molecule has 1 rings (SSSR count). The number of halogens is 1. The molecule has 0 aliphatic carbocycles.